The molecule has 0 spiro atoms. The molecule has 0 fully saturated rings. The van der Waals surface area contributed by atoms with E-state index in [1.54, 1.807) is 0 Å². The highest BCUT2D eigenvalue weighted by molar-refractivity contribution is 5.95. The summed E-state index contributed by atoms with van der Waals surface area (Å²) in [6, 6.07) is 3.93. The van der Waals surface area contributed by atoms with Crippen LogP contribution in [-0.2, 0) is 6.18 Å². The lowest BCUT2D eigenvalue weighted by Gasteiger charge is -2.16. The summed E-state index contributed by atoms with van der Waals surface area (Å²) in [5.41, 5.74) is -4.12. The maximum absolute atomic E-state index is 13.8. The Hall–Kier alpha value is -3.82. The average Bonchev–Trinajstić information content (AvgIpc) is 3.28. The van der Waals surface area contributed by atoms with Gasteiger partial charge in [-0.25, -0.2) is 17.9 Å². The third-order valence-electron chi connectivity index (χ3n) is 4.52. The molecule has 8 nitrogen and oxygen atoms in total. The van der Waals surface area contributed by atoms with Crippen LogP contribution in [0.5, 0.6) is 0 Å². The third kappa shape index (κ3) is 5.64. The Labute approximate surface area is 189 Å². The van der Waals surface area contributed by atoms with Crippen molar-refractivity contribution >= 4 is 5.91 Å². The highest BCUT2D eigenvalue weighted by atomic mass is 19.4. The first-order chi connectivity index (χ1) is 16.3. The minimum Gasteiger partial charge on any atom is -0.382 e. The monoisotopic (exact) mass is 511 g/mol. The molecular formula is C19H13F8N5O3. The van der Waals surface area contributed by atoms with Crippen LogP contribution in [0.4, 0.5) is 35.1 Å². The molecule has 0 bridgehead atoms. The zero-order valence-electron chi connectivity index (χ0n) is 16.9. The van der Waals surface area contributed by atoms with E-state index >= 15 is 0 Å². The molecule has 35 heavy (non-hydrogen) atoms. The Bertz CT molecular complexity index is 1260. The fourth-order valence-corrected chi connectivity index (χ4v) is 2.76. The van der Waals surface area contributed by atoms with Crippen LogP contribution in [0.1, 0.15) is 22.5 Å². The molecule has 0 aliphatic heterocycles. The molecule has 0 aliphatic rings. The van der Waals surface area contributed by atoms with Gasteiger partial charge in [0.25, 0.3) is 17.9 Å². The summed E-state index contributed by atoms with van der Waals surface area (Å²) in [6.07, 6.45) is -12.8. The van der Waals surface area contributed by atoms with Crippen LogP contribution < -0.4 is 10.9 Å². The topological polar surface area (TPSA) is 102 Å². The molecule has 3 aromatic rings. The molecule has 0 aliphatic carbocycles. The Balaban J connectivity index is 2.12. The fraction of sp³-hybridized carbons (Fsp3) is 0.263. The van der Waals surface area contributed by atoms with E-state index in [-0.39, 0.29) is 15.9 Å². The van der Waals surface area contributed by atoms with Crippen LogP contribution in [0, 0.1) is 0 Å². The lowest BCUT2D eigenvalue weighted by Crippen LogP contribution is -2.45. The summed E-state index contributed by atoms with van der Waals surface area (Å²) in [5, 5.41) is 17.6. The molecule has 3 rings (SSSR count). The molecule has 1 aromatic carbocycles. The van der Waals surface area contributed by atoms with Gasteiger partial charge in [-0.15, -0.1) is 0 Å². The van der Waals surface area contributed by atoms with Crippen molar-refractivity contribution in [2.45, 2.75) is 31.6 Å². The van der Waals surface area contributed by atoms with Gasteiger partial charge >= 0.3 is 12.7 Å². The van der Waals surface area contributed by atoms with E-state index in [0.717, 1.165) is 24.4 Å². The number of aliphatic hydroxyl groups excluding tert-OH is 1. The van der Waals surface area contributed by atoms with Crippen molar-refractivity contribution in [3.05, 3.63) is 64.2 Å². The quantitative estimate of drug-likeness (QED) is 0.375. The minimum absolute atomic E-state index is 0.0773. The van der Waals surface area contributed by atoms with Gasteiger partial charge in [0.15, 0.2) is 6.10 Å². The van der Waals surface area contributed by atoms with Crippen LogP contribution in [0.3, 0.4) is 0 Å². The maximum Gasteiger partial charge on any atom is 0.416 e. The largest absolute Gasteiger partial charge is 0.416 e. The Kier molecular flexibility index (Phi) is 7.23. The van der Waals surface area contributed by atoms with E-state index < -0.39 is 59.8 Å². The second-order valence-electron chi connectivity index (χ2n) is 6.89. The number of carbonyl (C=O) groups excluding carboxylic acids is 1. The van der Waals surface area contributed by atoms with Crippen molar-refractivity contribution in [2.24, 2.45) is 0 Å². The van der Waals surface area contributed by atoms with Crippen molar-refractivity contribution in [1.82, 2.24) is 24.9 Å². The van der Waals surface area contributed by atoms with Crippen molar-refractivity contribution in [3.8, 4) is 16.9 Å². The van der Waals surface area contributed by atoms with Gasteiger partial charge in [0.1, 0.15) is 11.3 Å². The van der Waals surface area contributed by atoms with E-state index in [0.29, 0.717) is 23.0 Å². The van der Waals surface area contributed by atoms with Gasteiger partial charge in [0.05, 0.1) is 23.7 Å². The molecule has 1 unspecified atom stereocenters. The lowest BCUT2D eigenvalue weighted by molar-refractivity contribution is -0.137. The van der Waals surface area contributed by atoms with Gasteiger partial charge < -0.3 is 10.4 Å². The van der Waals surface area contributed by atoms with Gasteiger partial charge in [0, 0.05) is 5.56 Å². The molecule has 16 heteroatoms. The second kappa shape index (κ2) is 9.81. The number of amides is 1. The van der Waals surface area contributed by atoms with E-state index in [9.17, 15) is 44.7 Å². The summed E-state index contributed by atoms with van der Waals surface area (Å²) in [7, 11) is 0. The van der Waals surface area contributed by atoms with Crippen LogP contribution in [-0.4, -0.2) is 49.4 Å². The van der Waals surface area contributed by atoms with Crippen molar-refractivity contribution in [3.63, 3.8) is 0 Å². The Morgan fingerprint density at radius 2 is 1.69 bits per heavy atom. The summed E-state index contributed by atoms with van der Waals surface area (Å²) < 4.78 is 104. The number of nitrogens with zero attached hydrogens (tertiary/aromatic N) is 4. The van der Waals surface area contributed by atoms with E-state index in [4.69, 9.17) is 5.11 Å². The average molecular weight is 511 g/mol. The summed E-state index contributed by atoms with van der Waals surface area (Å²) in [4.78, 5) is 25.2. The number of carbonyl (C=O) groups is 1. The molecule has 188 valence electrons. The molecule has 2 heterocycles. The molecule has 2 N–H and O–H groups in total. The van der Waals surface area contributed by atoms with Crippen molar-refractivity contribution < 1.29 is 45.0 Å². The fourth-order valence-electron chi connectivity index (χ4n) is 2.76. The number of alkyl halides is 8. The lowest BCUT2D eigenvalue weighted by atomic mass is 10.1. The number of hydrogen-bond acceptors (Lipinski definition) is 5. The number of aromatic nitrogens is 4. The van der Waals surface area contributed by atoms with Gasteiger partial charge in [-0.3, -0.25) is 9.59 Å². The van der Waals surface area contributed by atoms with Gasteiger partial charge in [-0.05, 0) is 18.2 Å². The zero-order chi connectivity index (χ0) is 26.1. The molecule has 0 saturated carbocycles. The first kappa shape index (κ1) is 25.8. The first-order valence-corrected chi connectivity index (χ1v) is 9.35. The minimum atomic E-state index is -4.68. The molecule has 1 amide bonds. The standard InChI is InChI=1S/C19H13F8N5O3/c20-14(21)13(33)15(22)29-16(34)11-5-12(8-1-3-9(4-2-8)19(25,26)27)30-32(17(11)35)10-6-28-31(7-10)18(23)24/h1-7,13-15,18,33H,(H,29,34)/t13-,15?/m1/s1. The maximum atomic E-state index is 13.8. The van der Waals surface area contributed by atoms with Crippen molar-refractivity contribution in [2.75, 3.05) is 0 Å². The number of aliphatic hydroxyl groups is 1. The highest BCUT2D eigenvalue weighted by Gasteiger charge is 2.31. The predicted octanol–water partition coefficient (Wildman–Crippen LogP) is 3.16. The molecule has 2 aromatic heterocycles. The van der Waals surface area contributed by atoms with E-state index in [1.807, 2.05) is 0 Å². The summed E-state index contributed by atoms with van der Waals surface area (Å²) >= 11 is 0. The SMILES string of the molecule is O=C(NC(F)[C@H](O)C(F)F)c1cc(-c2ccc(C(F)(F)F)cc2)nn(-c2cnn(C(F)F)c2)c1=O. The normalized spacial score (nSPS) is 13.8. The van der Waals surface area contributed by atoms with Crippen LogP contribution in [0.2, 0.25) is 0 Å². The number of halogens is 8. The van der Waals surface area contributed by atoms with E-state index in [1.165, 1.54) is 5.32 Å². The first-order valence-electron chi connectivity index (χ1n) is 9.35. The van der Waals surface area contributed by atoms with E-state index in [2.05, 4.69) is 10.2 Å². The zero-order valence-corrected chi connectivity index (χ0v) is 16.9. The molecule has 0 saturated heterocycles. The number of nitrogens with one attached hydrogen (secondary N) is 1. The Morgan fingerprint density at radius 1 is 1.06 bits per heavy atom. The highest BCUT2D eigenvalue weighted by Crippen LogP contribution is 2.30. The molecule has 2 atom stereocenters. The Morgan fingerprint density at radius 3 is 2.20 bits per heavy atom. The van der Waals surface area contributed by atoms with Gasteiger partial charge in [0.2, 0.25) is 6.30 Å². The number of benzene rings is 1. The van der Waals surface area contributed by atoms with Crippen LogP contribution in [0.25, 0.3) is 16.9 Å². The summed E-state index contributed by atoms with van der Waals surface area (Å²) in [6.45, 7) is -3.12. The number of rotatable bonds is 7. The third-order valence-corrected chi connectivity index (χ3v) is 4.52. The van der Waals surface area contributed by atoms with Gasteiger partial charge in [-0.2, -0.15) is 36.8 Å². The van der Waals surface area contributed by atoms with Crippen molar-refractivity contribution in [1.29, 1.82) is 0 Å². The predicted molar refractivity (Wildman–Crippen MR) is 102 cm³/mol. The summed E-state index contributed by atoms with van der Waals surface area (Å²) in [5.74, 6) is -1.59. The van der Waals surface area contributed by atoms with Gasteiger partial charge in [-0.1, -0.05) is 12.1 Å². The van der Waals surface area contributed by atoms with Crippen LogP contribution in [0.15, 0.2) is 47.5 Å². The number of hydrogen-bond donors (Lipinski definition) is 2. The van der Waals surface area contributed by atoms with Crippen LogP contribution >= 0.6 is 0 Å². The molecular weight excluding hydrogens is 498 g/mol. The molecule has 0 radical (unpaired) electrons. The smallest absolute Gasteiger partial charge is 0.382 e. The second-order valence-corrected chi connectivity index (χ2v) is 6.89.